The molecule has 184 valence electrons. The summed E-state index contributed by atoms with van der Waals surface area (Å²) < 4.78 is 23.7. The smallest absolute Gasteiger partial charge is 0.128 e. The van der Waals surface area contributed by atoms with E-state index < -0.39 is 0 Å². The molecular weight excluding hydrogens is 457 g/mol. The average molecular weight is 486 g/mol. The third kappa shape index (κ3) is 4.91. The molecule has 0 amide bonds. The molecule has 3 heterocycles. The van der Waals surface area contributed by atoms with Gasteiger partial charge in [-0.1, -0.05) is 0 Å². The van der Waals surface area contributed by atoms with Crippen molar-refractivity contribution in [1.82, 2.24) is 29.3 Å². The van der Waals surface area contributed by atoms with Crippen molar-refractivity contribution in [2.45, 2.75) is 26.8 Å². The number of methoxy groups -OCH3 is 1. The molecule has 8 nitrogen and oxygen atoms in total. The van der Waals surface area contributed by atoms with Crippen molar-refractivity contribution in [2.24, 2.45) is 7.05 Å². The molecule has 0 aliphatic heterocycles. The Morgan fingerprint density at radius 1 is 0.972 bits per heavy atom. The van der Waals surface area contributed by atoms with Crippen LogP contribution in [0.4, 0.5) is 15.8 Å². The third-order valence-corrected chi connectivity index (χ3v) is 6.12. The summed E-state index contributed by atoms with van der Waals surface area (Å²) in [7, 11) is 3.41. The van der Waals surface area contributed by atoms with Gasteiger partial charge in [0.25, 0.3) is 0 Å². The van der Waals surface area contributed by atoms with Crippen molar-refractivity contribution in [1.29, 1.82) is 0 Å². The summed E-state index contributed by atoms with van der Waals surface area (Å²) >= 11 is 0. The van der Waals surface area contributed by atoms with Crippen LogP contribution in [0.2, 0.25) is 0 Å². The van der Waals surface area contributed by atoms with Crippen molar-refractivity contribution in [3.8, 4) is 17.0 Å². The summed E-state index contributed by atoms with van der Waals surface area (Å²) in [5.74, 6) is 1.10. The Morgan fingerprint density at radius 3 is 2.56 bits per heavy atom. The monoisotopic (exact) mass is 485 g/mol. The maximum atomic E-state index is 14.5. The molecule has 0 aliphatic rings. The first-order valence-electron chi connectivity index (χ1n) is 11.8. The molecule has 5 aromatic rings. The van der Waals surface area contributed by atoms with E-state index in [1.807, 2.05) is 51.4 Å². The van der Waals surface area contributed by atoms with E-state index in [1.165, 1.54) is 12.1 Å². The predicted molar refractivity (Wildman–Crippen MR) is 138 cm³/mol. The van der Waals surface area contributed by atoms with Gasteiger partial charge in [0.1, 0.15) is 17.4 Å². The summed E-state index contributed by atoms with van der Waals surface area (Å²) in [5, 5.41) is 4.24. The fourth-order valence-electron chi connectivity index (χ4n) is 4.38. The minimum Gasteiger partial charge on any atom is -0.497 e. The average Bonchev–Trinajstić information content (AvgIpc) is 3.44. The van der Waals surface area contributed by atoms with Gasteiger partial charge in [-0.2, -0.15) is 5.10 Å². The Morgan fingerprint density at radius 2 is 1.83 bits per heavy atom. The van der Waals surface area contributed by atoms with E-state index >= 15 is 0 Å². The van der Waals surface area contributed by atoms with Gasteiger partial charge in [0.2, 0.25) is 0 Å². The number of benzene rings is 2. The lowest BCUT2D eigenvalue weighted by atomic mass is 10.2. The number of ether oxygens (including phenoxy) is 1. The number of rotatable bonds is 8. The van der Waals surface area contributed by atoms with Gasteiger partial charge < -0.3 is 14.2 Å². The van der Waals surface area contributed by atoms with Crippen LogP contribution in [-0.4, -0.2) is 43.0 Å². The zero-order valence-corrected chi connectivity index (χ0v) is 20.8. The maximum Gasteiger partial charge on any atom is 0.128 e. The van der Waals surface area contributed by atoms with Crippen molar-refractivity contribution >= 4 is 22.4 Å². The highest BCUT2D eigenvalue weighted by Crippen LogP contribution is 2.32. The highest BCUT2D eigenvalue weighted by atomic mass is 19.1. The van der Waals surface area contributed by atoms with Gasteiger partial charge in [0, 0.05) is 61.6 Å². The topological polar surface area (TPSA) is 73.9 Å². The van der Waals surface area contributed by atoms with Gasteiger partial charge in [-0.3, -0.25) is 9.67 Å². The van der Waals surface area contributed by atoms with Crippen molar-refractivity contribution in [3.63, 3.8) is 0 Å². The number of nitrogens with zero attached hydrogens (tertiary/aromatic N) is 7. The van der Waals surface area contributed by atoms with E-state index in [-0.39, 0.29) is 5.82 Å². The van der Waals surface area contributed by atoms with E-state index in [4.69, 9.17) is 9.72 Å². The van der Waals surface area contributed by atoms with Crippen molar-refractivity contribution in [3.05, 3.63) is 78.5 Å². The minimum atomic E-state index is -0.352. The van der Waals surface area contributed by atoms with Crippen LogP contribution in [0, 0.1) is 19.7 Å². The van der Waals surface area contributed by atoms with Crippen LogP contribution >= 0.6 is 0 Å². The number of anilines is 2. The van der Waals surface area contributed by atoms with Gasteiger partial charge in [0.15, 0.2) is 0 Å². The zero-order valence-electron chi connectivity index (χ0n) is 20.8. The number of aromatic nitrogens is 6. The standard InChI is InChI=1S/C27H28FN7O/c1-18-16-34(19(2)31-18)8-5-9-35(23-10-21(28)11-24(12-23)36-4)22-6-7-25-26(13-22)32-27(15-29-25)20-14-30-33(3)17-20/h6-7,10-17H,5,8-9H2,1-4H3. The Labute approximate surface area is 209 Å². The zero-order chi connectivity index (χ0) is 25.2. The largest absolute Gasteiger partial charge is 0.497 e. The van der Waals surface area contributed by atoms with Crippen LogP contribution in [0.3, 0.4) is 0 Å². The number of imidazole rings is 1. The Hall–Kier alpha value is -4.27. The summed E-state index contributed by atoms with van der Waals surface area (Å²) in [5.41, 5.74) is 5.79. The first kappa shape index (κ1) is 23.5. The summed E-state index contributed by atoms with van der Waals surface area (Å²) in [6.45, 7) is 5.45. The second-order valence-electron chi connectivity index (χ2n) is 8.81. The molecule has 3 aromatic heterocycles. The quantitative estimate of drug-likeness (QED) is 0.300. The molecule has 0 bridgehead atoms. The van der Waals surface area contributed by atoms with Gasteiger partial charge in [-0.05, 0) is 44.5 Å². The lowest BCUT2D eigenvalue weighted by molar-refractivity contribution is 0.411. The molecule has 5 rings (SSSR count). The van der Waals surface area contributed by atoms with Crippen LogP contribution in [0.25, 0.3) is 22.3 Å². The molecule has 0 saturated heterocycles. The highest BCUT2D eigenvalue weighted by molar-refractivity contribution is 5.82. The highest BCUT2D eigenvalue weighted by Gasteiger charge is 2.15. The van der Waals surface area contributed by atoms with Crippen LogP contribution in [-0.2, 0) is 13.6 Å². The van der Waals surface area contributed by atoms with Crippen LogP contribution in [0.1, 0.15) is 17.9 Å². The van der Waals surface area contributed by atoms with Crippen LogP contribution in [0.15, 0.2) is 61.2 Å². The lowest BCUT2D eigenvalue weighted by Crippen LogP contribution is -2.20. The number of hydrogen-bond donors (Lipinski definition) is 0. The molecule has 2 aromatic carbocycles. The number of halogens is 1. The molecule has 0 N–H and O–H groups in total. The third-order valence-electron chi connectivity index (χ3n) is 6.12. The predicted octanol–water partition coefficient (Wildman–Crippen LogP) is 5.22. The molecule has 36 heavy (non-hydrogen) atoms. The lowest BCUT2D eigenvalue weighted by Gasteiger charge is -2.26. The molecule has 0 atom stereocenters. The first-order chi connectivity index (χ1) is 17.4. The fourth-order valence-corrected chi connectivity index (χ4v) is 4.38. The summed E-state index contributed by atoms with van der Waals surface area (Å²) in [4.78, 5) is 16.0. The van der Waals surface area contributed by atoms with E-state index in [0.29, 0.717) is 18.0 Å². The molecular formula is C27H28FN7O. The van der Waals surface area contributed by atoms with Gasteiger partial charge >= 0.3 is 0 Å². The van der Waals surface area contributed by atoms with Gasteiger partial charge in [0.05, 0.1) is 41.9 Å². The molecule has 0 unspecified atom stereocenters. The van der Waals surface area contributed by atoms with Crippen molar-refractivity contribution < 1.29 is 9.13 Å². The maximum absolute atomic E-state index is 14.5. The minimum absolute atomic E-state index is 0.352. The number of aryl methyl sites for hydroxylation is 4. The van der Waals surface area contributed by atoms with Gasteiger partial charge in [-0.15, -0.1) is 0 Å². The SMILES string of the molecule is COc1cc(F)cc(N(CCCn2cc(C)nc2C)c2ccc3ncc(-c4cnn(C)c4)nc3c2)c1. The Balaban J connectivity index is 1.51. The fraction of sp³-hybridized carbons (Fsp3) is 0.259. The molecule has 0 saturated carbocycles. The molecule has 0 spiro atoms. The molecule has 0 radical (unpaired) electrons. The van der Waals surface area contributed by atoms with Gasteiger partial charge in [-0.25, -0.2) is 14.4 Å². The Bertz CT molecular complexity index is 1520. The van der Waals surface area contributed by atoms with Crippen molar-refractivity contribution in [2.75, 3.05) is 18.6 Å². The van der Waals surface area contributed by atoms with E-state index in [1.54, 1.807) is 24.2 Å². The summed E-state index contributed by atoms with van der Waals surface area (Å²) in [6, 6.07) is 10.7. The summed E-state index contributed by atoms with van der Waals surface area (Å²) in [6.07, 6.45) is 8.31. The van der Waals surface area contributed by atoms with Crippen LogP contribution < -0.4 is 9.64 Å². The van der Waals surface area contributed by atoms with E-state index in [0.717, 1.165) is 52.5 Å². The van der Waals surface area contributed by atoms with E-state index in [2.05, 4.69) is 30.7 Å². The van der Waals surface area contributed by atoms with E-state index in [9.17, 15) is 4.39 Å². The normalized spacial score (nSPS) is 11.2. The molecule has 0 fully saturated rings. The second-order valence-corrected chi connectivity index (χ2v) is 8.81. The van der Waals surface area contributed by atoms with Crippen LogP contribution in [0.5, 0.6) is 5.75 Å². The first-order valence-corrected chi connectivity index (χ1v) is 11.8. The second kappa shape index (κ2) is 9.77. The number of fused-ring (bicyclic) bond motifs is 1. The Kier molecular flexibility index (Phi) is 6.37. The number of hydrogen-bond acceptors (Lipinski definition) is 6. The molecule has 0 aliphatic carbocycles. The molecule has 9 heteroatoms.